The number of rotatable bonds is 5. The first kappa shape index (κ1) is 19.3. The van der Waals surface area contributed by atoms with Gasteiger partial charge in [0.25, 0.3) is 6.01 Å². The van der Waals surface area contributed by atoms with Crippen molar-refractivity contribution >= 4 is 34.9 Å². The summed E-state index contributed by atoms with van der Waals surface area (Å²) in [6.45, 7) is 3.07. The summed E-state index contributed by atoms with van der Waals surface area (Å²) in [6.07, 6.45) is 3.43. The van der Waals surface area contributed by atoms with Crippen molar-refractivity contribution in [2.45, 2.75) is 13.0 Å². The fraction of sp³-hybridized carbons (Fsp3) is 0.182. The van der Waals surface area contributed by atoms with Gasteiger partial charge in [0.1, 0.15) is 6.04 Å². The van der Waals surface area contributed by atoms with E-state index in [1.807, 2.05) is 59.7 Å². The molecule has 0 aliphatic carbocycles. The number of anilines is 3. The molecule has 1 saturated heterocycles. The quantitative estimate of drug-likeness (QED) is 0.493. The Morgan fingerprint density at radius 1 is 1.23 bits per heavy atom. The highest BCUT2D eigenvalue weighted by atomic mass is 32.1. The number of carbonyl (C=O) groups is 1. The Balaban J connectivity index is 1.36. The van der Waals surface area contributed by atoms with E-state index in [4.69, 9.17) is 4.42 Å². The van der Waals surface area contributed by atoms with Crippen LogP contribution < -0.4 is 15.5 Å². The Morgan fingerprint density at radius 3 is 3.03 bits per heavy atom. The van der Waals surface area contributed by atoms with Crippen LogP contribution in [0.5, 0.6) is 0 Å². The van der Waals surface area contributed by atoms with Crippen LogP contribution in [-0.2, 0) is 4.79 Å². The van der Waals surface area contributed by atoms with E-state index in [0.717, 1.165) is 21.8 Å². The number of benzene rings is 1. The lowest BCUT2D eigenvalue weighted by Gasteiger charge is -2.31. The van der Waals surface area contributed by atoms with E-state index in [2.05, 4.69) is 25.6 Å². The molecule has 5 rings (SSSR count). The van der Waals surface area contributed by atoms with Gasteiger partial charge in [0.2, 0.25) is 11.9 Å². The lowest BCUT2D eigenvalue weighted by atomic mass is 10.1. The maximum Gasteiger partial charge on any atom is 0.298 e. The molecule has 2 N–H and O–H groups in total. The standard InChI is InChI=1S/C22H20N6O2S/c1-14-20(29)23-9-10-28(14)22-25-13-18(30-22)15-4-2-5-16(12-15)26-21-24-8-7-17(27-21)19-6-3-11-31-19/h2-8,11-14H,9-10H2,1H3,(H,23,29)(H,24,26,27). The first-order valence-electron chi connectivity index (χ1n) is 9.92. The second-order valence-electron chi connectivity index (χ2n) is 7.12. The number of piperazine rings is 1. The first-order valence-corrected chi connectivity index (χ1v) is 10.8. The smallest absolute Gasteiger partial charge is 0.298 e. The number of aromatic nitrogens is 3. The van der Waals surface area contributed by atoms with Crippen LogP contribution in [0.3, 0.4) is 0 Å². The monoisotopic (exact) mass is 432 g/mol. The summed E-state index contributed by atoms with van der Waals surface area (Å²) in [7, 11) is 0. The van der Waals surface area contributed by atoms with E-state index >= 15 is 0 Å². The van der Waals surface area contributed by atoms with Gasteiger partial charge in [0.05, 0.1) is 16.8 Å². The number of oxazole rings is 1. The number of hydrogen-bond donors (Lipinski definition) is 2. The van der Waals surface area contributed by atoms with Crippen LogP contribution in [0.2, 0.25) is 0 Å². The minimum absolute atomic E-state index is 0.0259. The molecular formula is C22H20N6O2S. The van der Waals surface area contributed by atoms with Gasteiger partial charge in [-0.15, -0.1) is 11.3 Å². The minimum Gasteiger partial charge on any atom is -0.423 e. The van der Waals surface area contributed by atoms with Gasteiger partial charge in [-0.2, -0.15) is 0 Å². The molecule has 0 spiro atoms. The molecule has 8 nitrogen and oxygen atoms in total. The molecule has 4 heterocycles. The molecule has 1 fully saturated rings. The highest BCUT2D eigenvalue weighted by Crippen LogP contribution is 2.29. The number of carbonyl (C=O) groups excluding carboxylic acids is 1. The molecule has 1 aliphatic rings. The van der Waals surface area contributed by atoms with Crippen LogP contribution in [0.1, 0.15) is 6.92 Å². The molecular weight excluding hydrogens is 412 g/mol. The molecule has 0 saturated carbocycles. The summed E-state index contributed by atoms with van der Waals surface area (Å²) in [4.78, 5) is 28.2. The van der Waals surface area contributed by atoms with Crippen molar-refractivity contribution < 1.29 is 9.21 Å². The molecule has 1 unspecified atom stereocenters. The fourth-order valence-corrected chi connectivity index (χ4v) is 4.13. The maximum atomic E-state index is 11.9. The summed E-state index contributed by atoms with van der Waals surface area (Å²) in [5.41, 5.74) is 2.58. The Morgan fingerprint density at radius 2 is 2.16 bits per heavy atom. The van der Waals surface area contributed by atoms with Gasteiger partial charge in [0.15, 0.2) is 5.76 Å². The third-order valence-corrected chi connectivity index (χ3v) is 5.96. The third-order valence-electron chi connectivity index (χ3n) is 5.07. The van der Waals surface area contributed by atoms with Crippen LogP contribution in [0.25, 0.3) is 21.9 Å². The predicted octanol–water partition coefficient (Wildman–Crippen LogP) is 3.93. The van der Waals surface area contributed by atoms with Crippen LogP contribution >= 0.6 is 11.3 Å². The Hall–Kier alpha value is -3.72. The van der Waals surface area contributed by atoms with Crippen molar-refractivity contribution in [2.24, 2.45) is 0 Å². The van der Waals surface area contributed by atoms with E-state index < -0.39 is 0 Å². The van der Waals surface area contributed by atoms with Gasteiger partial charge >= 0.3 is 0 Å². The zero-order valence-corrected chi connectivity index (χ0v) is 17.6. The van der Waals surface area contributed by atoms with Crippen LogP contribution in [0, 0.1) is 0 Å². The number of thiophene rings is 1. The summed E-state index contributed by atoms with van der Waals surface area (Å²) in [5.74, 6) is 1.13. The van der Waals surface area contributed by atoms with Gasteiger partial charge < -0.3 is 20.0 Å². The van der Waals surface area contributed by atoms with E-state index in [0.29, 0.717) is 30.8 Å². The largest absolute Gasteiger partial charge is 0.423 e. The second kappa shape index (κ2) is 8.19. The van der Waals surface area contributed by atoms with E-state index in [1.54, 1.807) is 23.7 Å². The molecule has 31 heavy (non-hydrogen) atoms. The highest BCUT2D eigenvalue weighted by molar-refractivity contribution is 7.13. The molecule has 0 bridgehead atoms. The van der Waals surface area contributed by atoms with E-state index in [9.17, 15) is 4.79 Å². The highest BCUT2D eigenvalue weighted by Gasteiger charge is 2.28. The van der Waals surface area contributed by atoms with Crippen LogP contribution in [0.15, 0.2) is 64.7 Å². The van der Waals surface area contributed by atoms with Gasteiger partial charge in [-0.1, -0.05) is 18.2 Å². The molecule has 3 aromatic heterocycles. The van der Waals surface area contributed by atoms with Crippen molar-refractivity contribution in [3.63, 3.8) is 0 Å². The number of nitrogens with one attached hydrogen (secondary N) is 2. The molecule has 0 radical (unpaired) electrons. The normalized spacial score (nSPS) is 16.2. The van der Waals surface area contributed by atoms with Crippen molar-refractivity contribution in [3.8, 4) is 21.9 Å². The Kier molecular flexibility index (Phi) is 5.09. The molecule has 1 aromatic carbocycles. The van der Waals surface area contributed by atoms with Gasteiger partial charge in [-0.25, -0.2) is 15.0 Å². The number of hydrogen-bond acceptors (Lipinski definition) is 8. The average Bonchev–Trinajstić information content (AvgIpc) is 3.49. The summed E-state index contributed by atoms with van der Waals surface area (Å²) in [6, 6.07) is 13.8. The zero-order chi connectivity index (χ0) is 21.2. The van der Waals surface area contributed by atoms with E-state index in [1.165, 1.54) is 0 Å². The van der Waals surface area contributed by atoms with Gasteiger partial charge in [0, 0.05) is 30.5 Å². The number of amides is 1. The summed E-state index contributed by atoms with van der Waals surface area (Å²) in [5, 5.41) is 8.12. The zero-order valence-electron chi connectivity index (χ0n) is 16.8. The first-order chi connectivity index (χ1) is 15.2. The van der Waals surface area contributed by atoms with Gasteiger partial charge in [-0.05, 0) is 36.6 Å². The van der Waals surface area contributed by atoms with Crippen molar-refractivity contribution in [1.29, 1.82) is 0 Å². The lowest BCUT2D eigenvalue weighted by molar-refractivity contribution is -0.123. The minimum atomic E-state index is -0.318. The van der Waals surface area contributed by atoms with Crippen LogP contribution in [0.4, 0.5) is 17.7 Å². The second-order valence-corrected chi connectivity index (χ2v) is 8.06. The van der Waals surface area contributed by atoms with Crippen LogP contribution in [-0.4, -0.2) is 40.0 Å². The van der Waals surface area contributed by atoms with Gasteiger partial charge in [-0.3, -0.25) is 4.79 Å². The molecule has 1 atom stereocenters. The predicted molar refractivity (Wildman–Crippen MR) is 120 cm³/mol. The number of nitrogens with zero attached hydrogens (tertiary/aromatic N) is 4. The topological polar surface area (TPSA) is 96.2 Å². The average molecular weight is 433 g/mol. The SMILES string of the molecule is CC1C(=O)NCCN1c1ncc(-c2cccc(Nc3nccc(-c4cccs4)n3)c2)o1. The Bertz CT molecular complexity index is 1210. The van der Waals surface area contributed by atoms with Crippen molar-refractivity contribution in [2.75, 3.05) is 23.3 Å². The maximum absolute atomic E-state index is 11.9. The lowest BCUT2D eigenvalue weighted by Crippen LogP contribution is -2.54. The molecule has 1 aliphatic heterocycles. The molecule has 1 amide bonds. The van der Waals surface area contributed by atoms with E-state index in [-0.39, 0.29) is 11.9 Å². The molecule has 156 valence electrons. The third kappa shape index (κ3) is 3.99. The summed E-state index contributed by atoms with van der Waals surface area (Å²) >= 11 is 1.64. The fourth-order valence-electron chi connectivity index (χ4n) is 3.43. The molecule has 9 heteroatoms. The summed E-state index contributed by atoms with van der Waals surface area (Å²) < 4.78 is 5.98. The van der Waals surface area contributed by atoms with Crippen molar-refractivity contribution in [1.82, 2.24) is 20.3 Å². The van der Waals surface area contributed by atoms with Crippen molar-refractivity contribution in [3.05, 3.63) is 60.2 Å². The molecule has 4 aromatic rings. The Labute approximate surface area is 183 Å².